The first kappa shape index (κ1) is 21.2. The fourth-order valence-corrected chi connectivity index (χ4v) is 3.95. The molecule has 0 saturated heterocycles. The number of aryl methyl sites for hydroxylation is 1. The second-order valence-corrected chi connectivity index (χ2v) is 7.21. The van der Waals surface area contributed by atoms with Crippen molar-refractivity contribution < 1.29 is 28.6 Å². The summed E-state index contributed by atoms with van der Waals surface area (Å²) >= 11 is 0. The maximum atomic E-state index is 13.2. The van der Waals surface area contributed by atoms with Gasteiger partial charge in [0, 0.05) is 31.0 Å². The third kappa shape index (κ3) is 3.73. The molecule has 1 atom stereocenters. The fraction of sp³-hybridized carbons (Fsp3) is 0.261. The van der Waals surface area contributed by atoms with Gasteiger partial charge >= 0.3 is 0 Å². The number of imidazole rings is 1. The number of ether oxygens (including phenoxy) is 2. The number of ketones is 1. The van der Waals surface area contributed by atoms with Crippen molar-refractivity contribution in [2.75, 3.05) is 20.8 Å². The second-order valence-electron chi connectivity index (χ2n) is 7.21. The molecule has 1 aliphatic heterocycles. The highest BCUT2D eigenvalue weighted by Crippen LogP contribution is 2.45. The van der Waals surface area contributed by atoms with Gasteiger partial charge in [-0.05, 0) is 24.6 Å². The summed E-state index contributed by atoms with van der Waals surface area (Å²) in [5.41, 5.74) is 0.473. The molecule has 0 fully saturated rings. The van der Waals surface area contributed by atoms with Gasteiger partial charge in [0.05, 0.1) is 38.4 Å². The number of nitrogens with zero attached hydrogens (tertiary/aromatic N) is 3. The summed E-state index contributed by atoms with van der Waals surface area (Å²) in [5.74, 6) is -0.914. The normalized spacial score (nSPS) is 16.0. The molecule has 3 heterocycles. The van der Waals surface area contributed by atoms with Crippen molar-refractivity contribution in [3.05, 3.63) is 78.0 Å². The Labute approximate surface area is 184 Å². The third-order valence-corrected chi connectivity index (χ3v) is 5.40. The number of amides is 1. The van der Waals surface area contributed by atoms with E-state index in [4.69, 9.17) is 13.9 Å². The molecule has 3 aromatic rings. The van der Waals surface area contributed by atoms with Crippen LogP contribution >= 0.6 is 0 Å². The number of hydrogen-bond acceptors (Lipinski definition) is 7. The van der Waals surface area contributed by atoms with E-state index in [1.807, 2.05) is 10.8 Å². The number of para-hydroxylation sites is 1. The molecule has 1 aliphatic rings. The Hall–Kier alpha value is -4.01. The number of Topliss-reactive ketones (excluding diaryl/α,β-unsaturated/α-hetero) is 1. The molecule has 0 bridgehead atoms. The minimum atomic E-state index is -0.868. The highest BCUT2D eigenvalue weighted by Gasteiger charge is 2.45. The van der Waals surface area contributed by atoms with Crippen molar-refractivity contribution in [1.29, 1.82) is 0 Å². The van der Waals surface area contributed by atoms with Crippen LogP contribution < -0.4 is 9.47 Å². The molecule has 1 N–H and O–H groups in total. The first-order chi connectivity index (χ1) is 15.6. The van der Waals surface area contributed by atoms with Gasteiger partial charge in [-0.2, -0.15) is 0 Å². The van der Waals surface area contributed by atoms with Gasteiger partial charge in [0.2, 0.25) is 5.78 Å². The molecule has 0 saturated carbocycles. The molecule has 0 spiro atoms. The molecule has 0 radical (unpaired) electrons. The van der Waals surface area contributed by atoms with Gasteiger partial charge in [-0.3, -0.25) is 9.59 Å². The number of methoxy groups -OCH3 is 2. The molecule has 9 heteroatoms. The zero-order valence-corrected chi connectivity index (χ0v) is 17.7. The number of carbonyl (C=O) groups excluding carboxylic acids is 2. The van der Waals surface area contributed by atoms with E-state index in [0.29, 0.717) is 36.6 Å². The lowest BCUT2D eigenvalue weighted by atomic mass is 9.94. The first-order valence-electron chi connectivity index (χ1n) is 10.1. The monoisotopic (exact) mass is 437 g/mol. The summed E-state index contributed by atoms with van der Waals surface area (Å²) in [6, 6.07) is 7.42. The molecule has 4 rings (SSSR count). The average molecular weight is 437 g/mol. The first-order valence-corrected chi connectivity index (χ1v) is 10.1. The Morgan fingerprint density at radius 3 is 2.69 bits per heavy atom. The lowest BCUT2D eigenvalue weighted by Crippen LogP contribution is -2.32. The minimum Gasteiger partial charge on any atom is -0.503 e. The maximum absolute atomic E-state index is 13.2. The van der Waals surface area contributed by atoms with Gasteiger partial charge in [0.15, 0.2) is 23.0 Å². The summed E-state index contributed by atoms with van der Waals surface area (Å²) in [6.07, 6.45) is 7.15. The maximum Gasteiger partial charge on any atom is 0.290 e. The van der Waals surface area contributed by atoms with E-state index in [0.717, 1.165) is 0 Å². The number of aliphatic hydroxyl groups excluding tert-OH is 1. The fourth-order valence-electron chi connectivity index (χ4n) is 3.95. The summed E-state index contributed by atoms with van der Waals surface area (Å²) in [6.45, 7) is 0.912. The average Bonchev–Trinajstić information content (AvgIpc) is 3.57. The quantitative estimate of drug-likeness (QED) is 0.513. The van der Waals surface area contributed by atoms with Gasteiger partial charge in [-0.25, -0.2) is 4.98 Å². The zero-order chi connectivity index (χ0) is 22.7. The predicted molar refractivity (Wildman–Crippen MR) is 114 cm³/mol. The highest BCUT2D eigenvalue weighted by atomic mass is 16.5. The molecule has 166 valence electrons. The molecule has 0 unspecified atom stereocenters. The largest absolute Gasteiger partial charge is 0.503 e. The van der Waals surface area contributed by atoms with E-state index in [-0.39, 0.29) is 11.3 Å². The molecule has 2 aromatic heterocycles. The standard InChI is InChI=1S/C23H23N3O6/c1-30-17-7-3-6-15(22(17)31-2)19-18(20(27)16-8-4-13-32-16)21(28)23(29)26(19)11-5-10-25-12-9-24-14-25/h3-4,6-9,12-14,19,28H,5,10-11H2,1-2H3/t19-/m1/s1. The smallest absolute Gasteiger partial charge is 0.290 e. The number of benzene rings is 1. The lowest BCUT2D eigenvalue weighted by Gasteiger charge is -2.28. The van der Waals surface area contributed by atoms with Crippen LogP contribution in [0.1, 0.15) is 28.6 Å². The number of aliphatic hydroxyl groups is 1. The van der Waals surface area contributed by atoms with Crippen molar-refractivity contribution in [2.45, 2.75) is 19.0 Å². The Kier molecular flexibility index (Phi) is 5.98. The Morgan fingerprint density at radius 1 is 1.19 bits per heavy atom. The van der Waals surface area contributed by atoms with E-state index in [1.165, 1.54) is 31.4 Å². The van der Waals surface area contributed by atoms with Gasteiger partial charge in [0.1, 0.15) is 0 Å². The van der Waals surface area contributed by atoms with E-state index in [9.17, 15) is 14.7 Å². The van der Waals surface area contributed by atoms with Crippen LogP contribution in [0.3, 0.4) is 0 Å². The van der Waals surface area contributed by atoms with E-state index in [1.54, 1.807) is 36.8 Å². The molecular formula is C23H23N3O6. The number of furan rings is 1. The van der Waals surface area contributed by atoms with Crippen molar-refractivity contribution in [1.82, 2.24) is 14.5 Å². The van der Waals surface area contributed by atoms with Crippen LogP contribution in [-0.2, 0) is 11.3 Å². The highest BCUT2D eigenvalue weighted by molar-refractivity contribution is 6.15. The Morgan fingerprint density at radius 2 is 2.03 bits per heavy atom. The van der Waals surface area contributed by atoms with E-state index in [2.05, 4.69) is 4.98 Å². The van der Waals surface area contributed by atoms with Crippen molar-refractivity contribution in [3.63, 3.8) is 0 Å². The van der Waals surface area contributed by atoms with E-state index < -0.39 is 23.5 Å². The number of hydrogen-bond donors (Lipinski definition) is 1. The summed E-state index contributed by atoms with van der Waals surface area (Å²) in [4.78, 5) is 31.8. The van der Waals surface area contributed by atoms with Gasteiger partial charge in [0.25, 0.3) is 5.91 Å². The SMILES string of the molecule is COc1cccc([C@@H]2C(C(=O)c3ccco3)=C(O)C(=O)N2CCCn2ccnc2)c1OC. The van der Waals surface area contributed by atoms with Crippen LogP contribution in [-0.4, -0.2) is 52.0 Å². The van der Waals surface area contributed by atoms with Gasteiger partial charge < -0.3 is 28.5 Å². The Bertz CT molecular complexity index is 1130. The minimum absolute atomic E-state index is 0.0338. The second kappa shape index (κ2) is 9.01. The number of carbonyl (C=O) groups is 2. The molecule has 1 amide bonds. The summed E-state index contributed by atoms with van der Waals surface area (Å²) in [5, 5.41) is 10.7. The Balaban J connectivity index is 1.75. The van der Waals surface area contributed by atoms with E-state index >= 15 is 0 Å². The molecule has 32 heavy (non-hydrogen) atoms. The molecule has 9 nitrogen and oxygen atoms in total. The molecule has 0 aliphatic carbocycles. The van der Waals surface area contributed by atoms with Crippen molar-refractivity contribution >= 4 is 11.7 Å². The van der Waals surface area contributed by atoms with Crippen LogP contribution in [0.2, 0.25) is 0 Å². The van der Waals surface area contributed by atoms with Crippen LogP contribution in [0, 0.1) is 0 Å². The summed E-state index contributed by atoms with van der Waals surface area (Å²) < 4.78 is 18.1. The summed E-state index contributed by atoms with van der Waals surface area (Å²) in [7, 11) is 2.99. The zero-order valence-electron chi connectivity index (χ0n) is 17.7. The topological polar surface area (TPSA) is 107 Å². The van der Waals surface area contributed by atoms with Gasteiger partial charge in [-0.1, -0.05) is 12.1 Å². The lowest BCUT2D eigenvalue weighted by molar-refractivity contribution is -0.129. The van der Waals surface area contributed by atoms with Crippen LogP contribution in [0.4, 0.5) is 0 Å². The third-order valence-electron chi connectivity index (χ3n) is 5.40. The van der Waals surface area contributed by atoms with Crippen LogP contribution in [0.15, 0.2) is 71.1 Å². The number of aromatic nitrogens is 2. The molecular weight excluding hydrogens is 414 g/mol. The van der Waals surface area contributed by atoms with Crippen LogP contribution in [0.25, 0.3) is 0 Å². The van der Waals surface area contributed by atoms with Crippen LogP contribution in [0.5, 0.6) is 11.5 Å². The van der Waals surface area contributed by atoms with Crippen molar-refractivity contribution in [2.24, 2.45) is 0 Å². The van der Waals surface area contributed by atoms with Crippen molar-refractivity contribution in [3.8, 4) is 11.5 Å². The predicted octanol–water partition coefficient (Wildman–Crippen LogP) is 3.16. The molecule has 1 aromatic carbocycles. The number of rotatable bonds is 9. The van der Waals surface area contributed by atoms with Gasteiger partial charge in [-0.15, -0.1) is 0 Å².